The van der Waals surface area contributed by atoms with Crippen LogP contribution in [-0.2, 0) is 0 Å². The number of nitrogens with zero attached hydrogens (tertiary/aromatic N) is 3. The summed E-state index contributed by atoms with van der Waals surface area (Å²) < 4.78 is 1.61. The summed E-state index contributed by atoms with van der Waals surface area (Å²) in [7, 11) is 0. The maximum atomic E-state index is 12.7. The van der Waals surface area contributed by atoms with Gasteiger partial charge in [-0.3, -0.25) is 14.0 Å². The molecule has 3 rings (SSSR count). The summed E-state index contributed by atoms with van der Waals surface area (Å²) in [6.07, 6.45) is 3.55. The maximum Gasteiger partial charge on any atom is 0.287 e. The van der Waals surface area contributed by atoms with Crippen molar-refractivity contribution in [3.05, 3.63) is 65.7 Å². The SMILES string of the molecule is CCCCNC(=O)c1nc(C(=O)Nc2ccc(C#N)cc2)c2ccccn12. The highest BCUT2D eigenvalue weighted by Crippen LogP contribution is 2.16. The predicted octanol–water partition coefficient (Wildman–Crippen LogP) is 2.99. The quantitative estimate of drug-likeness (QED) is 0.659. The summed E-state index contributed by atoms with van der Waals surface area (Å²) in [6.45, 7) is 2.60. The molecule has 0 spiro atoms. The van der Waals surface area contributed by atoms with E-state index in [1.807, 2.05) is 13.0 Å². The summed E-state index contributed by atoms with van der Waals surface area (Å²) in [5, 5.41) is 14.4. The van der Waals surface area contributed by atoms with Crippen LogP contribution >= 0.6 is 0 Å². The lowest BCUT2D eigenvalue weighted by Crippen LogP contribution is -2.26. The molecule has 0 atom stereocenters. The Hall–Kier alpha value is -3.66. The molecular formula is C20H19N5O2. The van der Waals surface area contributed by atoms with Crippen molar-refractivity contribution in [3.8, 4) is 6.07 Å². The zero-order chi connectivity index (χ0) is 19.2. The average Bonchev–Trinajstić information content (AvgIpc) is 3.09. The number of pyridine rings is 1. The van der Waals surface area contributed by atoms with Crippen molar-refractivity contribution in [3.63, 3.8) is 0 Å². The van der Waals surface area contributed by atoms with Crippen LogP contribution in [0.2, 0.25) is 0 Å². The molecule has 0 radical (unpaired) electrons. The molecule has 2 amide bonds. The zero-order valence-corrected chi connectivity index (χ0v) is 14.9. The summed E-state index contributed by atoms with van der Waals surface area (Å²) in [5.41, 5.74) is 1.77. The van der Waals surface area contributed by atoms with Crippen LogP contribution in [0, 0.1) is 11.3 Å². The van der Waals surface area contributed by atoms with Crippen molar-refractivity contribution in [1.82, 2.24) is 14.7 Å². The summed E-state index contributed by atoms with van der Waals surface area (Å²) in [5.74, 6) is -0.565. The van der Waals surface area contributed by atoms with Crippen molar-refractivity contribution >= 4 is 23.0 Å². The number of nitriles is 1. The van der Waals surface area contributed by atoms with Gasteiger partial charge < -0.3 is 10.6 Å². The van der Waals surface area contributed by atoms with Crippen LogP contribution in [0.3, 0.4) is 0 Å². The number of hydrogen-bond donors (Lipinski definition) is 2. The molecule has 0 aliphatic rings. The fourth-order valence-corrected chi connectivity index (χ4v) is 2.64. The van der Waals surface area contributed by atoms with Gasteiger partial charge in [-0.2, -0.15) is 5.26 Å². The molecular weight excluding hydrogens is 342 g/mol. The van der Waals surface area contributed by atoms with Crippen molar-refractivity contribution in [2.75, 3.05) is 11.9 Å². The minimum absolute atomic E-state index is 0.167. The van der Waals surface area contributed by atoms with Crippen LogP contribution in [0.15, 0.2) is 48.7 Å². The van der Waals surface area contributed by atoms with E-state index in [0.717, 1.165) is 12.8 Å². The molecule has 2 N–H and O–H groups in total. The van der Waals surface area contributed by atoms with Crippen LogP contribution in [0.5, 0.6) is 0 Å². The lowest BCUT2D eigenvalue weighted by Gasteiger charge is -2.03. The van der Waals surface area contributed by atoms with Crippen LogP contribution in [0.25, 0.3) is 5.52 Å². The molecule has 2 heterocycles. The number of carbonyl (C=O) groups excluding carboxylic acids is 2. The van der Waals surface area contributed by atoms with Gasteiger partial charge in [0.15, 0.2) is 5.69 Å². The Kier molecular flexibility index (Phi) is 5.47. The molecule has 27 heavy (non-hydrogen) atoms. The van der Waals surface area contributed by atoms with E-state index >= 15 is 0 Å². The molecule has 2 aromatic heterocycles. The number of fused-ring (bicyclic) bond motifs is 1. The van der Waals surface area contributed by atoms with Crippen LogP contribution in [0.4, 0.5) is 5.69 Å². The molecule has 3 aromatic rings. The molecule has 136 valence electrons. The second-order valence-corrected chi connectivity index (χ2v) is 5.99. The predicted molar refractivity (Wildman–Crippen MR) is 102 cm³/mol. The van der Waals surface area contributed by atoms with Gasteiger partial charge in [0.05, 0.1) is 17.1 Å². The van der Waals surface area contributed by atoms with Crippen molar-refractivity contribution in [2.45, 2.75) is 19.8 Å². The lowest BCUT2D eigenvalue weighted by molar-refractivity contribution is 0.0942. The molecule has 0 saturated carbocycles. The molecule has 0 unspecified atom stereocenters. The number of rotatable bonds is 6. The number of hydrogen-bond acceptors (Lipinski definition) is 4. The van der Waals surface area contributed by atoms with E-state index in [4.69, 9.17) is 5.26 Å². The van der Waals surface area contributed by atoms with E-state index in [9.17, 15) is 9.59 Å². The number of carbonyl (C=O) groups is 2. The molecule has 7 nitrogen and oxygen atoms in total. The number of nitrogens with one attached hydrogen (secondary N) is 2. The first-order chi connectivity index (χ1) is 13.1. The number of benzene rings is 1. The van der Waals surface area contributed by atoms with Gasteiger partial charge in [0.1, 0.15) is 0 Å². The topological polar surface area (TPSA) is 99.3 Å². The van der Waals surface area contributed by atoms with Gasteiger partial charge in [-0.05, 0) is 42.8 Å². The number of amides is 2. The van der Waals surface area contributed by atoms with Gasteiger partial charge in [-0.15, -0.1) is 0 Å². The Morgan fingerprint density at radius 3 is 2.63 bits per heavy atom. The van der Waals surface area contributed by atoms with Gasteiger partial charge in [-0.25, -0.2) is 4.98 Å². The first kappa shape index (κ1) is 18.1. The highest BCUT2D eigenvalue weighted by molar-refractivity contribution is 6.08. The maximum absolute atomic E-state index is 12.7. The normalized spacial score (nSPS) is 10.4. The minimum atomic E-state index is -0.420. The van der Waals surface area contributed by atoms with E-state index in [-0.39, 0.29) is 17.4 Å². The third-order valence-electron chi connectivity index (χ3n) is 4.05. The van der Waals surface area contributed by atoms with Crippen molar-refractivity contribution in [2.24, 2.45) is 0 Å². The first-order valence-electron chi connectivity index (χ1n) is 8.71. The monoisotopic (exact) mass is 361 g/mol. The first-order valence-corrected chi connectivity index (χ1v) is 8.71. The third kappa shape index (κ3) is 3.96. The van der Waals surface area contributed by atoms with Gasteiger partial charge in [0.25, 0.3) is 11.8 Å². The molecule has 0 aliphatic heterocycles. The summed E-state index contributed by atoms with van der Waals surface area (Å²) in [6, 6.07) is 13.9. The Bertz CT molecular complexity index is 1020. The molecule has 0 aliphatic carbocycles. The Morgan fingerprint density at radius 2 is 1.93 bits per heavy atom. The number of anilines is 1. The van der Waals surface area contributed by atoms with Crippen LogP contribution < -0.4 is 10.6 Å². The smallest absolute Gasteiger partial charge is 0.287 e. The standard InChI is InChI=1S/C20H19N5O2/c1-2-3-11-22-20(27)18-24-17(16-6-4-5-12-25(16)18)19(26)23-15-9-7-14(13-21)8-10-15/h4-10,12H,2-3,11H2,1H3,(H,22,27)(H,23,26). The number of unbranched alkanes of at least 4 members (excludes halogenated alkanes) is 1. The second kappa shape index (κ2) is 8.15. The van der Waals surface area contributed by atoms with E-state index in [1.54, 1.807) is 53.1 Å². The largest absolute Gasteiger partial charge is 0.349 e. The second-order valence-electron chi connectivity index (χ2n) is 5.99. The highest BCUT2D eigenvalue weighted by atomic mass is 16.2. The molecule has 0 fully saturated rings. The molecule has 1 aromatic carbocycles. The molecule has 0 bridgehead atoms. The Labute approximate surface area is 156 Å². The van der Waals surface area contributed by atoms with Gasteiger partial charge in [0, 0.05) is 18.4 Å². The lowest BCUT2D eigenvalue weighted by atomic mass is 10.2. The van der Waals surface area contributed by atoms with E-state index in [2.05, 4.69) is 15.6 Å². The van der Waals surface area contributed by atoms with Crippen LogP contribution in [-0.4, -0.2) is 27.7 Å². The minimum Gasteiger partial charge on any atom is -0.349 e. The summed E-state index contributed by atoms with van der Waals surface area (Å²) >= 11 is 0. The number of aromatic nitrogens is 2. The summed E-state index contributed by atoms with van der Waals surface area (Å²) in [4.78, 5) is 29.4. The Balaban J connectivity index is 1.88. The van der Waals surface area contributed by atoms with Gasteiger partial charge >= 0.3 is 0 Å². The van der Waals surface area contributed by atoms with Crippen molar-refractivity contribution in [1.29, 1.82) is 5.26 Å². The molecule has 0 saturated heterocycles. The van der Waals surface area contributed by atoms with Crippen molar-refractivity contribution < 1.29 is 9.59 Å². The van der Waals surface area contributed by atoms with E-state index in [0.29, 0.717) is 23.3 Å². The highest BCUT2D eigenvalue weighted by Gasteiger charge is 2.21. The van der Waals surface area contributed by atoms with Gasteiger partial charge in [-0.1, -0.05) is 19.4 Å². The van der Waals surface area contributed by atoms with Crippen LogP contribution in [0.1, 0.15) is 46.4 Å². The van der Waals surface area contributed by atoms with E-state index in [1.165, 1.54) is 0 Å². The third-order valence-corrected chi connectivity index (χ3v) is 4.05. The molecule has 7 heteroatoms. The van der Waals surface area contributed by atoms with E-state index < -0.39 is 5.91 Å². The fourth-order valence-electron chi connectivity index (χ4n) is 2.64. The Morgan fingerprint density at radius 1 is 1.15 bits per heavy atom. The average molecular weight is 361 g/mol. The van der Waals surface area contributed by atoms with Gasteiger partial charge in [0.2, 0.25) is 5.82 Å². The number of imidazole rings is 1. The zero-order valence-electron chi connectivity index (χ0n) is 14.9. The fraction of sp³-hybridized carbons (Fsp3) is 0.200.